The van der Waals surface area contributed by atoms with Crippen LogP contribution in [0.1, 0.15) is 22.3 Å². The van der Waals surface area contributed by atoms with Gasteiger partial charge < -0.3 is 19.3 Å². The highest BCUT2D eigenvalue weighted by Crippen LogP contribution is 2.34. The summed E-state index contributed by atoms with van der Waals surface area (Å²) in [5.74, 6) is -1.26. The molecule has 2 N–H and O–H groups in total. The molecule has 0 bridgehead atoms. The first-order valence-corrected chi connectivity index (χ1v) is 11.0. The molecule has 2 atom stereocenters. The van der Waals surface area contributed by atoms with E-state index >= 15 is 0 Å². The topological polar surface area (TPSA) is 127 Å². The Balaban J connectivity index is 1.73. The van der Waals surface area contributed by atoms with Crippen LogP contribution in [0.25, 0.3) is 21.9 Å². The van der Waals surface area contributed by atoms with E-state index in [9.17, 15) is 23.1 Å². The van der Waals surface area contributed by atoms with Gasteiger partial charge in [-0.1, -0.05) is 0 Å². The number of aliphatic hydroxyl groups excluding tert-OH is 1. The van der Waals surface area contributed by atoms with Crippen LogP contribution >= 0.6 is 0 Å². The van der Waals surface area contributed by atoms with Gasteiger partial charge in [0.1, 0.15) is 11.2 Å². The number of furan rings is 1. The number of aryl methyl sites for hydroxylation is 3. The Morgan fingerprint density at radius 1 is 1.21 bits per heavy atom. The van der Waals surface area contributed by atoms with Crippen LogP contribution in [0.5, 0.6) is 0 Å². The fraction of sp³-hybridized carbons (Fsp3) is 0.400. The van der Waals surface area contributed by atoms with Crippen molar-refractivity contribution in [1.29, 1.82) is 0 Å². The smallest absolute Gasteiger partial charge is 0.340 e. The maximum absolute atomic E-state index is 12.5. The molecule has 0 unspecified atom stereocenters. The molecular formula is C20H21NO7S. The molecule has 1 aliphatic heterocycles. The molecule has 3 aromatic rings. The van der Waals surface area contributed by atoms with Crippen molar-refractivity contribution in [2.75, 3.05) is 11.5 Å². The van der Waals surface area contributed by atoms with Gasteiger partial charge in [0.25, 0.3) is 0 Å². The second-order valence-corrected chi connectivity index (χ2v) is 9.83. The number of nitrogens with one attached hydrogen (secondary N) is 1. The Morgan fingerprint density at radius 2 is 1.93 bits per heavy atom. The van der Waals surface area contributed by atoms with Gasteiger partial charge in [-0.2, -0.15) is 0 Å². The summed E-state index contributed by atoms with van der Waals surface area (Å²) in [5.41, 5.74) is 2.97. The van der Waals surface area contributed by atoms with Gasteiger partial charge in [-0.05, 0) is 43.5 Å². The second-order valence-electron chi connectivity index (χ2n) is 7.68. The summed E-state index contributed by atoms with van der Waals surface area (Å²) in [6, 6.07) is 0.889. The van der Waals surface area contributed by atoms with Gasteiger partial charge >= 0.3 is 5.63 Å². The summed E-state index contributed by atoms with van der Waals surface area (Å²) >= 11 is 0. The maximum Gasteiger partial charge on any atom is 0.340 e. The molecule has 0 aliphatic carbocycles. The molecule has 29 heavy (non-hydrogen) atoms. The number of rotatable bonds is 3. The van der Waals surface area contributed by atoms with Crippen molar-refractivity contribution in [3.8, 4) is 0 Å². The maximum atomic E-state index is 12.5. The van der Waals surface area contributed by atoms with E-state index in [0.717, 1.165) is 16.5 Å². The van der Waals surface area contributed by atoms with Crippen LogP contribution < -0.4 is 10.9 Å². The van der Waals surface area contributed by atoms with Crippen LogP contribution in [0.2, 0.25) is 0 Å². The SMILES string of the molecule is Cc1coc2c1c(C)cc1oc(=O)c(CC(=O)N[C@@H]3CS(=O)(=O)C[C@@H]3O)c(C)c12. The quantitative estimate of drug-likeness (QED) is 0.612. The molecule has 2 aromatic heterocycles. The average Bonchev–Trinajstić information content (AvgIpc) is 3.10. The van der Waals surface area contributed by atoms with E-state index in [4.69, 9.17) is 8.83 Å². The number of hydrogen-bond donors (Lipinski definition) is 2. The van der Waals surface area contributed by atoms with Crippen molar-refractivity contribution in [3.05, 3.63) is 45.0 Å². The Morgan fingerprint density at radius 3 is 2.59 bits per heavy atom. The molecule has 4 rings (SSSR count). The van der Waals surface area contributed by atoms with Gasteiger partial charge in [-0.3, -0.25) is 4.79 Å². The van der Waals surface area contributed by atoms with Gasteiger partial charge in [-0.15, -0.1) is 0 Å². The number of carbonyl (C=O) groups excluding carboxylic acids is 1. The Labute approximate surface area is 166 Å². The molecule has 1 fully saturated rings. The highest BCUT2D eigenvalue weighted by molar-refractivity contribution is 7.91. The first-order valence-electron chi connectivity index (χ1n) is 9.19. The van der Waals surface area contributed by atoms with E-state index < -0.39 is 33.5 Å². The number of amides is 1. The third kappa shape index (κ3) is 3.34. The van der Waals surface area contributed by atoms with E-state index in [1.807, 2.05) is 13.8 Å². The van der Waals surface area contributed by atoms with Gasteiger partial charge in [0.05, 0.1) is 47.3 Å². The molecule has 9 heteroatoms. The number of carbonyl (C=O) groups is 1. The average molecular weight is 419 g/mol. The van der Waals surface area contributed by atoms with Crippen LogP contribution in [-0.4, -0.2) is 43.1 Å². The van der Waals surface area contributed by atoms with Crippen LogP contribution in [0, 0.1) is 20.8 Å². The second kappa shape index (κ2) is 6.70. The zero-order valence-corrected chi connectivity index (χ0v) is 17.1. The number of hydrogen-bond acceptors (Lipinski definition) is 7. The fourth-order valence-electron chi connectivity index (χ4n) is 4.06. The summed E-state index contributed by atoms with van der Waals surface area (Å²) in [6.45, 7) is 5.56. The van der Waals surface area contributed by atoms with Crippen LogP contribution in [-0.2, 0) is 21.1 Å². The minimum absolute atomic E-state index is 0.171. The highest BCUT2D eigenvalue weighted by Gasteiger charge is 2.37. The molecular weight excluding hydrogens is 398 g/mol. The van der Waals surface area contributed by atoms with Gasteiger partial charge in [0.2, 0.25) is 5.91 Å². The lowest BCUT2D eigenvalue weighted by Gasteiger charge is -2.15. The predicted octanol–water partition coefficient (Wildman–Crippen LogP) is 1.28. The normalized spacial score (nSPS) is 21.1. The standard InChI is InChI=1S/C20H21NO7S/c1-9-4-15-18(19-17(9)10(2)6-27-19)11(3)12(20(24)28-15)5-16(23)21-13-7-29(25,26)8-14(13)22/h4,6,13-14,22H,5,7-8H2,1-3H3,(H,21,23)/t13-,14+/m1/s1. The predicted molar refractivity (Wildman–Crippen MR) is 107 cm³/mol. The lowest BCUT2D eigenvalue weighted by Crippen LogP contribution is -2.43. The fourth-order valence-corrected chi connectivity index (χ4v) is 5.80. The molecule has 1 saturated heterocycles. The number of fused-ring (bicyclic) bond motifs is 3. The number of aliphatic hydroxyl groups is 1. The largest absolute Gasteiger partial charge is 0.463 e. The Hall–Kier alpha value is -2.65. The Kier molecular flexibility index (Phi) is 4.54. The molecule has 1 amide bonds. The van der Waals surface area contributed by atoms with Crippen molar-refractivity contribution in [2.45, 2.75) is 39.3 Å². The highest BCUT2D eigenvalue weighted by atomic mass is 32.2. The summed E-state index contributed by atoms with van der Waals surface area (Å²) < 4.78 is 34.4. The van der Waals surface area contributed by atoms with Crippen molar-refractivity contribution in [3.63, 3.8) is 0 Å². The monoisotopic (exact) mass is 419 g/mol. The third-order valence-corrected chi connectivity index (χ3v) is 7.19. The lowest BCUT2D eigenvalue weighted by molar-refractivity contribution is -0.121. The molecule has 0 radical (unpaired) electrons. The molecule has 154 valence electrons. The summed E-state index contributed by atoms with van der Waals surface area (Å²) in [4.78, 5) is 25.0. The molecule has 1 aromatic carbocycles. The summed E-state index contributed by atoms with van der Waals surface area (Å²) in [5, 5.41) is 13.9. The summed E-state index contributed by atoms with van der Waals surface area (Å²) in [6.07, 6.45) is 0.185. The van der Waals surface area contributed by atoms with E-state index in [2.05, 4.69) is 5.32 Å². The minimum atomic E-state index is -3.39. The van der Waals surface area contributed by atoms with Crippen molar-refractivity contribution in [2.24, 2.45) is 0 Å². The van der Waals surface area contributed by atoms with Gasteiger partial charge in [0, 0.05) is 5.39 Å². The van der Waals surface area contributed by atoms with Crippen molar-refractivity contribution < 1.29 is 27.2 Å². The lowest BCUT2D eigenvalue weighted by atomic mass is 9.98. The number of benzene rings is 1. The van der Waals surface area contributed by atoms with E-state index in [0.29, 0.717) is 22.1 Å². The first kappa shape index (κ1) is 19.7. The van der Waals surface area contributed by atoms with Crippen LogP contribution in [0.15, 0.2) is 26.0 Å². The van der Waals surface area contributed by atoms with Crippen LogP contribution in [0.4, 0.5) is 0 Å². The molecule has 3 heterocycles. The molecule has 1 aliphatic rings. The Bertz CT molecular complexity index is 1320. The minimum Gasteiger partial charge on any atom is -0.463 e. The first-order chi connectivity index (χ1) is 13.6. The van der Waals surface area contributed by atoms with E-state index in [1.54, 1.807) is 19.3 Å². The summed E-state index contributed by atoms with van der Waals surface area (Å²) in [7, 11) is -3.39. The van der Waals surface area contributed by atoms with Gasteiger partial charge in [-0.25, -0.2) is 13.2 Å². The number of sulfone groups is 1. The van der Waals surface area contributed by atoms with E-state index in [-0.39, 0.29) is 23.5 Å². The zero-order chi connectivity index (χ0) is 21.1. The van der Waals surface area contributed by atoms with Crippen molar-refractivity contribution >= 4 is 37.7 Å². The molecule has 0 spiro atoms. The van der Waals surface area contributed by atoms with Gasteiger partial charge in [0.15, 0.2) is 9.84 Å². The zero-order valence-electron chi connectivity index (χ0n) is 16.2. The van der Waals surface area contributed by atoms with Crippen molar-refractivity contribution in [1.82, 2.24) is 5.32 Å². The third-order valence-electron chi connectivity index (χ3n) is 5.47. The van der Waals surface area contributed by atoms with Crippen LogP contribution in [0.3, 0.4) is 0 Å². The molecule has 0 saturated carbocycles. The van der Waals surface area contributed by atoms with E-state index in [1.165, 1.54) is 0 Å². The molecule has 8 nitrogen and oxygen atoms in total.